The Labute approximate surface area is 215 Å². The van der Waals surface area contributed by atoms with Gasteiger partial charge >= 0.3 is 0 Å². The van der Waals surface area contributed by atoms with Crippen molar-refractivity contribution in [3.8, 4) is 11.3 Å². The molecule has 3 heterocycles. The summed E-state index contributed by atoms with van der Waals surface area (Å²) in [4.78, 5) is 7.34. The largest absolute Gasteiger partial charge is 0.370 e. The highest BCUT2D eigenvalue weighted by atomic mass is 79.9. The highest BCUT2D eigenvalue weighted by Gasteiger charge is 2.20. The molecule has 1 fully saturated rings. The lowest BCUT2D eigenvalue weighted by molar-refractivity contribution is 0.182. The number of hydrogen-bond acceptors (Lipinski definition) is 4. The molecular formula is C25H24Br2ClN5. The number of nitrogens with zero attached hydrogens (tertiary/aromatic N) is 4. The topological polar surface area (TPSA) is 45.5 Å². The number of nitrogens with one attached hydrogen (secondary N) is 1. The summed E-state index contributed by atoms with van der Waals surface area (Å²) in [6.45, 7) is 4.16. The first-order valence-corrected chi connectivity index (χ1v) is 13.0. The summed E-state index contributed by atoms with van der Waals surface area (Å²) in [6, 6.07) is 18.5. The minimum atomic E-state index is 0.622. The molecule has 5 rings (SSSR count). The summed E-state index contributed by atoms with van der Waals surface area (Å²) < 4.78 is 3.84. The summed E-state index contributed by atoms with van der Waals surface area (Å²) in [7, 11) is 0. The van der Waals surface area contributed by atoms with E-state index in [9.17, 15) is 0 Å². The maximum atomic E-state index is 6.45. The second kappa shape index (κ2) is 10.1. The fourth-order valence-corrected chi connectivity index (χ4v) is 5.16. The first-order valence-electron chi connectivity index (χ1n) is 11.1. The van der Waals surface area contributed by atoms with Crippen LogP contribution in [-0.2, 0) is 6.54 Å². The highest BCUT2D eigenvalue weighted by Crippen LogP contribution is 2.30. The number of rotatable bonds is 6. The van der Waals surface area contributed by atoms with E-state index in [1.54, 1.807) is 6.20 Å². The Bertz CT molecular complexity index is 1250. The fraction of sp³-hybridized carbons (Fsp3) is 0.280. The van der Waals surface area contributed by atoms with Crippen molar-refractivity contribution in [3.05, 3.63) is 80.3 Å². The van der Waals surface area contributed by atoms with Gasteiger partial charge in [0, 0.05) is 34.2 Å². The van der Waals surface area contributed by atoms with Gasteiger partial charge in [-0.15, -0.1) is 0 Å². The van der Waals surface area contributed by atoms with Gasteiger partial charge in [-0.25, -0.2) is 4.98 Å². The zero-order valence-corrected chi connectivity index (χ0v) is 21.9. The Morgan fingerprint density at radius 2 is 1.79 bits per heavy atom. The van der Waals surface area contributed by atoms with Crippen LogP contribution < -0.4 is 5.32 Å². The second-order valence-electron chi connectivity index (χ2n) is 8.46. The van der Waals surface area contributed by atoms with Gasteiger partial charge in [0.25, 0.3) is 0 Å². The molecule has 2 aromatic heterocycles. The van der Waals surface area contributed by atoms with Crippen molar-refractivity contribution in [3.63, 3.8) is 0 Å². The van der Waals surface area contributed by atoms with E-state index in [2.05, 4.69) is 71.4 Å². The van der Waals surface area contributed by atoms with E-state index in [0.29, 0.717) is 10.9 Å². The maximum absolute atomic E-state index is 6.45. The monoisotopic (exact) mass is 587 g/mol. The van der Waals surface area contributed by atoms with Crippen molar-refractivity contribution in [2.24, 2.45) is 5.92 Å². The number of benzene rings is 2. The van der Waals surface area contributed by atoms with E-state index in [-0.39, 0.29) is 0 Å². The Balaban J connectivity index is 1.26. The fourth-order valence-electron chi connectivity index (χ4n) is 4.31. The summed E-state index contributed by atoms with van der Waals surface area (Å²) in [5, 5.41) is 8.84. The molecule has 0 saturated carbocycles. The van der Waals surface area contributed by atoms with Gasteiger partial charge in [0.05, 0.1) is 16.4 Å². The summed E-state index contributed by atoms with van der Waals surface area (Å²) in [6.07, 6.45) is 4.14. The maximum Gasteiger partial charge on any atom is 0.172 e. The number of hydrogen-bond donors (Lipinski definition) is 1. The molecule has 0 spiro atoms. The lowest BCUT2D eigenvalue weighted by atomic mass is 9.96. The van der Waals surface area contributed by atoms with Gasteiger partial charge < -0.3 is 5.32 Å². The summed E-state index contributed by atoms with van der Waals surface area (Å²) >= 11 is 13.5. The van der Waals surface area contributed by atoms with E-state index < -0.39 is 0 Å². The molecule has 8 heteroatoms. The van der Waals surface area contributed by atoms with Gasteiger partial charge in [-0.2, -0.15) is 9.61 Å². The molecule has 1 aliphatic heterocycles. The third-order valence-electron chi connectivity index (χ3n) is 6.18. The molecule has 4 aromatic rings. The van der Waals surface area contributed by atoms with Gasteiger partial charge in [0.15, 0.2) is 5.65 Å². The first kappa shape index (κ1) is 22.8. The molecule has 1 aliphatic rings. The van der Waals surface area contributed by atoms with Gasteiger partial charge in [-0.1, -0.05) is 57.9 Å². The standard InChI is InChI=1S/C25H24Br2ClN5/c26-19-7-5-18(6-8-19)16-32-11-9-17(10-12-32)14-29-24-13-23(20-3-1-2-4-22(20)28)31-25-21(27)15-30-33(24)25/h1-8,13,15,17,29H,9-12,14,16H2. The van der Waals surface area contributed by atoms with Crippen molar-refractivity contribution in [2.45, 2.75) is 19.4 Å². The van der Waals surface area contributed by atoms with Crippen LogP contribution in [0.1, 0.15) is 18.4 Å². The average Bonchev–Trinajstić information content (AvgIpc) is 3.21. The lowest BCUT2D eigenvalue weighted by Crippen LogP contribution is -2.35. The van der Waals surface area contributed by atoms with Gasteiger partial charge in [-0.3, -0.25) is 4.90 Å². The molecule has 0 amide bonds. The van der Waals surface area contributed by atoms with Gasteiger partial charge in [-0.05, 0) is 71.5 Å². The number of anilines is 1. The quantitative estimate of drug-likeness (QED) is 0.266. The second-order valence-corrected chi connectivity index (χ2v) is 10.6. The molecule has 5 nitrogen and oxygen atoms in total. The average molecular weight is 590 g/mol. The Morgan fingerprint density at radius 3 is 2.55 bits per heavy atom. The van der Waals surface area contributed by atoms with Crippen LogP contribution in [0.3, 0.4) is 0 Å². The normalized spacial score (nSPS) is 15.2. The van der Waals surface area contributed by atoms with Gasteiger partial charge in [0.1, 0.15) is 5.82 Å². The minimum Gasteiger partial charge on any atom is -0.370 e. The molecule has 0 unspecified atom stereocenters. The molecule has 170 valence electrons. The number of piperidine rings is 1. The molecular weight excluding hydrogens is 566 g/mol. The van der Waals surface area contributed by atoms with Crippen LogP contribution in [0.25, 0.3) is 16.9 Å². The predicted molar refractivity (Wildman–Crippen MR) is 142 cm³/mol. The molecule has 2 aromatic carbocycles. The third-order valence-corrected chi connectivity index (χ3v) is 7.59. The molecule has 0 bridgehead atoms. The summed E-state index contributed by atoms with van der Waals surface area (Å²) in [5.74, 6) is 1.55. The van der Waals surface area contributed by atoms with Crippen molar-refractivity contribution < 1.29 is 0 Å². The van der Waals surface area contributed by atoms with E-state index in [0.717, 1.165) is 57.8 Å². The van der Waals surface area contributed by atoms with E-state index in [4.69, 9.17) is 16.6 Å². The Kier molecular flexibility index (Phi) is 7.02. The zero-order chi connectivity index (χ0) is 22.8. The highest BCUT2D eigenvalue weighted by molar-refractivity contribution is 9.10. The van der Waals surface area contributed by atoms with Crippen LogP contribution in [0.15, 0.2) is 69.7 Å². The van der Waals surface area contributed by atoms with Crippen LogP contribution in [0.4, 0.5) is 5.82 Å². The zero-order valence-electron chi connectivity index (χ0n) is 18.0. The SMILES string of the molecule is Clc1ccccc1-c1cc(NCC2CCN(Cc3ccc(Br)cc3)CC2)n2ncc(Br)c2n1. The van der Waals surface area contributed by atoms with Crippen molar-refractivity contribution >= 4 is 54.9 Å². The smallest absolute Gasteiger partial charge is 0.172 e. The first-order chi connectivity index (χ1) is 16.1. The predicted octanol–water partition coefficient (Wildman–Crippen LogP) is 6.90. The minimum absolute atomic E-state index is 0.622. The number of likely N-dealkylation sites (tertiary alicyclic amines) is 1. The number of fused-ring (bicyclic) bond motifs is 1. The van der Waals surface area contributed by atoms with Crippen LogP contribution in [-0.4, -0.2) is 39.1 Å². The van der Waals surface area contributed by atoms with Crippen molar-refractivity contribution in [1.82, 2.24) is 19.5 Å². The van der Waals surface area contributed by atoms with E-state index in [1.807, 2.05) is 34.8 Å². The molecule has 0 atom stereocenters. The third kappa shape index (κ3) is 5.27. The lowest BCUT2D eigenvalue weighted by Gasteiger charge is -2.32. The summed E-state index contributed by atoms with van der Waals surface area (Å²) in [5.41, 5.74) is 3.89. The van der Waals surface area contributed by atoms with Gasteiger partial charge in [0.2, 0.25) is 0 Å². The van der Waals surface area contributed by atoms with Crippen LogP contribution in [0.5, 0.6) is 0 Å². The molecule has 1 saturated heterocycles. The molecule has 0 radical (unpaired) electrons. The van der Waals surface area contributed by atoms with Crippen LogP contribution >= 0.6 is 43.5 Å². The van der Waals surface area contributed by atoms with Crippen LogP contribution in [0.2, 0.25) is 5.02 Å². The number of aromatic nitrogens is 3. The van der Waals surface area contributed by atoms with E-state index in [1.165, 1.54) is 18.4 Å². The Hall–Kier alpha value is -1.93. The van der Waals surface area contributed by atoms with Crippen LogP contribution in [0, 0.1) is 5.92 Å². The Morgan fingerprint density at radius 1 is 1.03 bits per heavy atom. The van der Waals surface area contributed by atoms with E-state index >= 15 is 0 Å². The van der Waals surface area contributed by atoms with Crippen molar-refractivity contribution in [1.29, 1.82) is 0 Å². The molecule has 0 aliphatic carbocycles. The van der Waals surface area contributed by atoms with Crippen molar-refractivity contribution in [2.75, 3.05) is 25.0 Å². The molecule has 33 heavy (non-hydrogen) atoms. The molecule has 1 N–H and O–H groups in total. The number of halogens is 3.